The maximum atomic E-state index is 12.9. The third kappa shape index (κ3) is 3.51. The van der Waals surface area contributed by atoms with Crippen molar-refractivity contribution in [2.75, 3.05) is 0 Å². The summed E-state index contributed by atoms with van der Waals surface area (Å²) in [7, 11) is 0. The zero-order valence-corrected chi connectivity index (χ0v) is 12.6. The number of nitrogens with two attached hydrogens (primary N) is 1. The highest BCUT2D eigenvalue weighted by molar-refractivity contribution is 6.06. The maximum absolute atomic E-state index is 12.9. The number of benzene rings is 1. The summed E-state index contributed by atoms with van der Waals surface area (Å²) in [5.41, 5.74) is 5.44. The SMILES string of the molecule is CCC(CC)(C(=O)NC(C)c1ccc(F)cc1)C(N)=NO. The van der Waals surface area contributed by atoms with Gasteiger partial charge in [-0.15, -0.1) is 0 Å². The molecular weight excluding hydrogens is 273 g/mol. The van der Waals surface area contributed by atoms with Gasteiger partial charge < -0.3 is 16.3 Å². The van der Waals surface area contributed by atoms with Crippen LogP contribution in [-0.4, -0.2) is 17.0 Å². The second kappa shape index (κ2) is 7.06. The van der Waals surface area contributed by atoms with Crippen molar-refractivity contribution >= 4 is 11.7 Å². The van der Waals surface area contributed by atoms with E-state index in [9.17, 15) is 9.18 Å². The van der Waals surface area contributed by atoms with Gasteiger partial charge in [0.05, 0.1) is 6.04 Å². The molecule has 0 bridgehead atoms. The number of hydrogen-bond donors (Lipinski definition) is 3. The van der Waals surface area contributed by atoms with Crippen LogP contribution in [0.15, 0.2) is 29.4 Å². The molecule has 116 valence electrons. The molecule has 1 unspecified atom stereocenters. The lowest BCUT2D eigenvalue weighted by molar-refractivity contribution is -0.128. The fraction of sp³-hybridized carbons (Fsp3) is 0.467. The van der Waals surface area contributed by atoms with Crippen molar-refractivity contribution in [2.24, 2.45) is 16.3 Å². The zero-order valence-electron chi connectivity index (χ0n) is 12.6. The van der Waals surface area contributed by atoms with Gasteiger partial charge in [-0.1, -0.05) is 31.1 Å². The van der Waals surface area contributed by atoms with E-state index in [-0.39, 0.29) is 23.6 Å². The number of hydrogen-bond acceptors (Lipinski definition) is 3. The highest BCUT2D eigenvalue weighted by Gasteiger charge is 2.40. The van der Waals surface area contributed by atoms with Crippen LogP contribution in [0.25, 0.3) is 0 Å². The minimum Gasteiger partial charge on any atom is -0.409 e. The van der Waals surface area contributed by atoms with E-state index in [0.29, 0.717) is 12.8 Å². The number of halogens is 1. The Morgan fingerprint density at radius 3 is 2.33 bits per heavy atom. The summed E-state index contributed by atoms with van der Waals surface area (Å²) < 4.78 is 12.9. The largest absolute Gasteiger partial charge is 0.409 e. The number of oxime groups is 1. The molecule has 0 heterocycles. The fourth-order valence-corrected chi connectivity index (χ4v) is 2.31. The lowest BCUT2D eigenvalue weighted by Gasteiger charge is -2.30. The molecule has 1 amide bonds. The van der Waals surface area contributed by atoms with Crippen LogP contribution in [0.2, 0.25) is 0 Å². The van der Waals surface area contributed by atoms with Crippen LogP contribution >= 0.6 is 0 Å². The molecule has 6 heteroatoms. The second-order valence-electron chi connectivity index (χ2n) is 5.02. The van der Waals surface area contributed by atoms with Crippen LogP contribution < -0.4 is 11.1 Å². The standard InChI is InChI=1S/C15H22FN3O2/c1-4-15(5-2,13(17)19-21)14(20)18-10(3)11-6-8-12(16)9-7-11/h6-10,21H,4-5H2,1-3H3,(H2,17,19)(H,18,20). The van der Waals surface area contributed by atoms with Crippen LogP contribution in [-0.2, 0) is 4.79 Å². The van der Waals surface area contributed by atoms with Crippen molar-refractivity contribution in [1.29, 1.82) is 0 Å². The van der Waals surface area contributed by atoms with Crippen LogP contribution in [0, 0.1) is 11.2 Å². The smallest absolute Gasteiger partial charge is 0.234 e. The first-order chi connectivity index (χ1) is 9.91. The number of nitrogens with zero attached hydrogens (tertiary/aromatic N) is 1. The van der Waals surface area contributed by atoms with Crippen molar-refractivity contribution in [2.45, 2.75) is 39.7 Å². The van der Waals surface area contributed by atoms with Gasteiger partial charge in [-0.2, -0.15) is 0 Å². The van der Waals surface area contributed by atoms with E-state index >= 15 is 0 Å². The third-order valence-electron chi connectivity index (χ3n) is 3.96. The lowest BCUT2D eigenvalue weighted by atomic mass is 9.80. The molecule has 0 spiro atoms. The summed E-state index contributed by atoms with van der Waals surface area (Å²) in [6, 6.07) is 5.61. The van der Waals surface area contributed by atoms with Crippen molar-refractivity contribution in [3.63, 3.8) is 0 Å². The minimum atomic E-state index is -1.04. The first kappa shape index (κ1) is 16.9. The number of amidine groups is 1. The van der Waals surface area contributed by atoms with Gasteiger partial charge in [0.1, 0.15) is 11.2 Å². The summed E-state index contributed by atoms with van der Waals surface area (Å²) in [6.07, 6.45) is 0.836. The molecule has 1 atom stereocenters. The molecule has 1 rings (SSSR count). The summed E-state index contributed by atoms with van der Waals surface area (Å²) in [6.45, 7) is 5.42. The highest BCUT2D eigenvalue weighted by Crippen LogP contribution is 2.28. The van der Waals surface area contributed by atoms with E-state index in [1.807, 2.05) is 13.8 Å². The number of nitrogens with one attached hydrogen (secondary N) is 1. The third-order valence-corrected chi connectivity index (χ3v) is 3.96. The molecule has 0 saturated heterocycles. The van der Waals surface area contributed by atoms with Gasteiger partial charge in [0.25, 0.3) is 0 Å². The summed E-state index contributed by atoms with van der Waals surface area (Å²) in [5, 5.41) is 14.7. The molecule has 5 nitrogen and oxygen atoms in total. The predicted molar refractivity (Wildman–Crippen MR) is 79.4 cm³/mol. The molecule has 0 saturated carbocycles. The molecule has 4 N–H and O–H groups in total. The average molecular weight is 295 g/mol. The van der Waals surface area contributed by atoms with Crippen LogP contribution in [0.5, 0.6) is 0 Å². The lowest BCUT2D eigenvalue weighted by Crippen LogP contribution is -2.49. The quantitative estimate of drug-likeness (QED) is 0.326. The molecule has 21 heavy (non-hydrogen) atoms. The molecule has 0 fully saturated rings. The Bertz CT molecular complexity index is 510. The Balaban J connectivity index is 2.94. The van der Waals surface area contributed by atoms with Crippen molar-refractivity contribution in [3.8, 4) is 0 Å². The van der Waals surface area contributed by atoms with Gasteiger partial charge in [0.2, 0.25) is 5.91 Å². The first-order valence-corrected chi connectivity index (χ1v) is 6.95. The second-order valence-corrected chi connectivity index (χ2v) is 5.02. The molecule has 0 aliphatic heterocycles. The molecule has 0 aliphatic rings. The van der Waals surface area contributed by atoms with Crippen molar-refractivity contribution < 1.29 is 14.4 Å². The van der Waals surface area contributed by atoms with Gasteiger partial charge in [-0.3, -0.25) is 4.79 Å². The molecule has 1 aromatic rings. The topological polar surface area (TPSA) is 87.7 Å². The van der Waals surface area contributed by atoms with E-state index in [0.717, 1.165) is 5.56 Å². The number of carbonyl (C=O) groups excluding carboxylic acids is 1. The van der Waals surface area contributed by atoms with Crippen molar-refractivity contribution in [1.82, 2.24) is 5.32 Å². The van der Waals surface area contributed by atoms with E-state index in [1.165, 1.54) is 12.1 Å². The van der Waals surface area contributed by atoms with Crippen LogP contribution in [0.1, 0.15) is 45.2 Å². The summed E-state index contributed by atoms with van der Waals surface area (Å²) in [4.78, 5) is 12.5. The number of carbonyl (C=O) groups is 1. The summed E-state index contributed by atoms with van der Waals surface area (Å²) >= 11 is 0. The maximum Gasteiger partial charge on any atom is 0.234 e. The Kier molecular flexibility index (Phi) is 5.69. The molecule has 1 aromatic carbocycles. The molecule has 0 aliphatic carbocycles. The van der Waals surface area contributed by atoms with E-state index in [4.69, 9.17) is 10.9 Å². The van der Waals surface area contributed by atoms with E-state index in [2.05, 4.69) is 10.5 Å². The minimum absolute atomic E-state index is 0.101. The normalized spacial score (nSPS) is 13.8. The summed E-state index contributed by atoms with van der Waals surface area (Å²) in [5.74, 6) is -0.735. The van der Waals surface area contributed by atoms with Crippen LogP contribution in [0.4, 0.5) is 4.39 Å². The Morgan fingerprint density at radius 1 is 1.38 bits per heavy atom. The average Bonchev–Trinajstić information content (AvgIpc) is 2.49. The fourth-order valence-electron chi connectivity index (χ4n) is 2.31. The molecular formula is C15H22FN3O2. The predicted octanol–water partition coefficient (Wildman–Crippen LogP) is 2.56. The Hall–Kier alpha value is -2.11. The van der Waals surface area contributed by atoms with E-state index in [1.54, 1.807) is 19.1 Å². The van der Waals surface area contributed by atoms with Crippen LogP contribution in [0.3, 0.4) is 0 Å². The Morgan fingerprint density at radius 2 is 1.90 bits per heavy atom. The van der Waals surface area contributed by atoms with Crippen molar-refractivity contribution in [3.05, 3.63) is 35.6 Å². The molecule has 0 aromatic heterocycles. The zero-order chi connectivity index (χ0) is 16.0. The van der Waals surface area contributed by atoms with Gasteiger partial charge >= 0.3 is 0 Å². The highest BCUT2D eigenvalue weighted by atomic mass is 19.1. The monoisotopic (exact) mass is 295 g/mol. The number of amides is 1. The van der Waals surface area contributed by atoms with Gasteiger partial charge in [0.15, 0.2) is 5.84 Å². The van der Waals surface area contributed by atoms with Gasteiger partial charge in [0, 0.05) is 0 Å². The Labute approximate surface area is 124 Å². The number of rotatable bonds is 6. The van der Waals surface area contributed by atoms with Gasteiger partial charge in [-0.25, -0.2) is 4.39 Å². The molecule has 0 radical (unpaired) electrons. The van der Waals surface area contributed by atoms with E-state index < -0.39 is 5.41 Å². The first-order valence-electron chi connectivity index (χ1n) is 6.95. The van der Waals surface area contributed by atoms with Gasteiger partial charge in [-0.05, 0) is 37.5 Å².